The van der Waals surface area contributed by atoms with Crippen LogP contribution < -0.4 is 4.72 Å². The van der Waals surface area contributed by atoms with Crippen LogP contribution in [0.3, 0.4) is 0 Å². The number of nitrogens with zero attached hydrogens (tertiary/aromatic N) is 1. The van der Waals surface area contributed by atoms with E-state index in [1.165, 1.54) is 30.5 Å². The van der Waals surface area contributed by atoms with Crippen molar-refractivity contribution >= 4 is 15.8 Å². The van der Waals surface area contributed by atoms with Crippen LogP contribution in [-0.2, 0) is 10.0 Å². The second-order valence-corrected chi connectivity index (χ2v) is 6.27. The summed E-state index contributed by atoms with van der Waals surface area (Å²) in [6.45, 7) is 0. The van der Waals surface area contributed by atoms with Crippen LogP contribution in [0.15, 0.2) is 65.7 Å². The zero-order chi connectivity index (χ0) is 15.6. The minimum atomic E-state index is -3.74. The third-order valence-electron chi connectivity index (χ3n) is 3.06. The molecule has 0 unspecified atom stereocenters. The van der Waals surface area contributed by atoms with Crippen molar-refractivity contribution < 1.29 is 12.8 Å². The molecule has 0 aliphatic carbocycles. The second-order valence-electron chi connectivity index (χ2n) is 4.59. The molecule has 0 spiro atoms. The lowest BCUT2D eigenvalue weighted by Crippen LogP contribution is -2.13. The number of sulfonamides is 1. The molecule has 3 rings (SSSR count). The molecular formula is C15H12FN3O2S. The van der Waals surface area contributed by atoms with Crippen molar-refractivity contribution in [3.63, 3.8) is 0 Å². The maximum Gasteiger partial charge on any atom is 0.263 e. The molecule has 3 aromatic rings. The largest absolute Gasteiger partial charge is 0.263 e. The zero-order valence-electron chi connectivity index (χ0n) is 11.3. The first-order valence-corrected chi connectivity index (χ1v) is 7.92. The van der Waals surface area contributed by atoms with Crippen LogP contribution in [0.5, 0.6) is 0 Å². The number of anilines is 1. The average Bonchev–Trinajstić information content (AvgIpc) is 2.95. The molecule has 1 aromatic heterocycles. The molecule has 0 amide bonds. The summed E-state index contributed by atoms with van der Waals surface area (Å²) < 4.78 is 40.4. The van der Waals surface area contributed by atoms with Gasteiger partial charge in [0.1, 0.15) is 11.6 Å². The van der Waals surface area contributed by atoms with E-state index >= 15 is 0 Å². The fourth-order valence-electron chi connectivity index (χ4n) is 2.03. The summed E-state index contributed by atoms with van der Waals surface area (Å²) in [4.78, 5) is 0.134. The van der Waals surface area contributed by atoms with E-state index in [1.807, 2.05) is 0 Å². The lowest BCUT2D eigenvalue weighted by Gasteiger charge is -2.08. The van der Waals surface area contributed by atoms with Gasteiger partial charge in [-0.3, -0.25) is 9.82 Å². The van der Waals surface area contributed by atoms with E-state index in [0.29, 0.717) is 11.1 Å². The van der Waals surface area contributed by atoms with Gasteiger partial charge in [0.2, 0.25) is 0 Å². The highest BCUT2D eigenvalue weighted by atomic mass is 32.2. The number of nitrogens with one attached hydrogen (secondary N) is 2. The molecule has 1 heterocycles. The van der Waals surface area contributed by atoms with Crippen molar-refractivity contribution in [3.05, 3.63) is 66.6 Å². The summed E-state index contributed by atoms with van der Waals surface area (Å²) in [5.41, 5.74) is 0.999. The van der Waals surface area contributed by atoms with Gasteiger partial charge >= 0.3 is 0 Å². The highest BCUT2D eigenvalue weighted by Crippen LogP contribution is 2.27. The van der Waals surface area contributed by atoms with E-state index in [1.54, 1.807) is 30.3 Å². The molecule has 0 saturated heterocycles. The number of rotatable bonds is 4. The minimum Gasteiger partial charge on any atom is -0.263 e. The van der Waals surface area contributed by atoms with E-state index in [4.69, 9.17) is 0 Å². The van der Waals surface area contributed by atoms with Crippen molar-refractivity contribution in [3.8, 4) is 11.1 Å². The average molecular weight is 317 g/mol. The van der Waals surface area contributed by atoms with Crippen LogP contribution in [0.25, 0.3) is 11.1 Å². The van der Waals surface area contributed by atoms with Crippen molar-refractivity contribution in [2.24, 2.45) is 0 Å². The van der Waals surface area contributed by atoms with Crippen molar-refractivity contribution in [2.75, 3.05) is 4.72 Å². The maximum absolute atomic E-state index is 13.3. The maximum atomic E-state index is 13.3. The van der Waals surface area contributed by atoms with Crippen LogP contribution in [0.2, 0.25) is 0 Å². The third-order valence-corrected chi connectivity index (χ3v) is 4.43. The Labute approximate surface area is 126 Å². The Hall–Kier alpha value is -2.67. The van der Waals surface area contributed by atoms with Crippen molar-refractivity contribution in [2.45, 2.75) is 4.90 Å². The zero-order valence-corrected chi connectivity index (χ0v) is 12.1. The van der Waals surface area contributed by atoms with E-state index < -0.39 is 15.8 Å². The lowest BCUT2D eigenvalue weighted by molar-refractivity contribution is 0.601. The predicted molar refractivity (Wildman–Crippen MR) is 81.2 cm³/mol. The Morgan fingerprint density at radius 1 is 1.05 bits per heavy atom. The number of hydrogen-bond donors (Lipinski definition) is 2. The van der Waals surface area contributed by atoms with Gasteiger partial charge in [-0.05, 0) is 29.8 Å². The van der Waals surface area contributed by atoms with Crippen LogP contribution >= 0.6 is 0 Å². The first-order chi connectivity index (χ1) is 10.6. The molecule has 0 fully saturated rings. The molecule has 2 N–H and O–H groups in total. The fourth-order valence-corrected chi connectivity index (χ4v) is 3.09. The summed E-state index contributed by atoms with van der Waals surface area (Å²) in [5, 5.41) is 6.42. The van der Waals surface area contributed by atoms with Gasteiger partial charge in [-0.2, -0.15) is 5.10 Å². The number of H-pyrrole nitrogens is 1. The van der Waals surface area contributed by atoms with Gasteiger partial charge in [0, 0.05) is 5.56 Å². The Morgan fingerprint density at radius 3 is 2.55 bits per heavy atom. The lowest BCUT2D eigenvalue weighted by atomic mass is 10.1. The van der Waals surface area contributed by atoms with Crippen LogP contribution in [0.4, 0.5) is 10.2 Å². The molecule has 22 heavy (non-hydrogen) atoms. The third kappa shape index (κ3) is 2.84. The Balaban J connectivity index is 1.97. The first kappa shape index (κ1) is 14.3. The van der Waals surface area contributed by atoms with Crippen LogP contribution in [0, 0.1) is 5.82 Å². The quantitative estimate of drug-likeness (QED) is 0.776. The van der Waals surface area contributed by atoms with E-state index in [-0.39, 0.29) is 10.7 Å². The first-order valence-electron chi connectivity index (χ1n) is 6.43. The standard InChI is InChI=1S/C15H12FN3O2S/c16-12-6-4-5-11(9-12)14-10-17-18-15(14)19-22(20,21)13-7-2-1-3-8-13/h1-10H,(H2,17,18,19). The molecule has 0 aliphatic rings. The van der Waals surface area contributed by atoms with Crippen LogP contribution in [0.1, 0.15) is 0 Å². The number of aromatic nitrogens is 2. The Morgan fingerprint density at radius 2 is 1.82 bits per heavy atom. The van der Waals surface area contributed by atoms with E-state index in [0.717, 1.165) is 0 Å². The molecule has 0 saturated carbocycles. The van der Waals surface area contributed by atoms with Crippen molar-refractivity contribution in [1.29, 1.82) is 0 Å². The van der Waals surface area contributed by atoms with E-state index in [9.17, 15) is 12.8 Å². The molecule has 0 radical (unpaired) electrons. The van der Waals surface area contributed by atoms with Gasteiger partial charge in [0.15, 0.2) is 0 Å². The molecule has 0 atom stereocenters. The summed E-state index contributed by atoms with van der Waals surface area (Å²) in [6, 6.07) is 13.8. The van der Waals surface area contributed by atoms with Gasteiger partial charge in [-0.25, -0.2) is 12.8 Å². The molecular weight excluding hydrogens is 305 g/mol. The van der Waals surface area contributed by atoms with Crippen molar-refractivity contribution in [1.82, 2.24) is 10.2 Å². The SMILES string of the molecule is O=S(=O)(Nc1[nH]ncc1-c1cccc(F)c1)c1ccccc1. The van der Waals surface area contributed by atoms with E-state index in [2.05, 4.69) is 14.9 Å². The highest BCUT2D eigenvalue weighted by Gasteiger charge is 2.17. The molecule has 5 nitrogen and oxygen atoms in total. The smallest absolute Gasteiger partial charge is 0.263 e. The number of halogens is 1. The van der Waals surface area contributed by atoms with Gasteiger partial charge in [-0.1, -0.05) is 30.3 Å². The Kier molecular flexibility index (Phi) is 3.64. The van der Waals surface area contributed by atoms with Gasteiger partial charge in [-0.15, -0.1) is 0 Å². The summed E-state index contributed by atoms with van der Waals surface area (Å²) in [6.07, 6.45) is 1.44. The molecule has 2 aromatic carbocycles. The minimum absolute atomic E-state index is 0.134. The molecule has 0 aliphatic heterocycles. The Bertz CT molecular complexity index is 892. The molecule has 7 heteroatoms. The van der Waals surface area contributed by atoms with Gasteiger partial charge in [0.05, 0.1) is 11.1 Å². The second kappa shape index (κ2) is 5.61. The van der Waals surface area contributed by atoms with Gasteiger partial charge in [0.25, 0.3) is 10.0 Å². The topological polar surface area (TPSA) is 74.8 Å². The van der Waals surface area contributed by atoms with Crippen LogP contribution in [-0.4, -0.2) is 18.6 Å². The summed E-state index contributed by atoms with van der Waals surface area (Å²) >= 11 is 0. The predicted octanol–water partition coefficient (Wildman–Crippen LogP) is 3.02. The number of benzene rings is 2. The summed E-state index contributed by atoms with van der Waals surface area (Å²) in [5.74, 6) is -0.218. The summed E-state index contributed by atoms with van der Waals surface area (Å²) in [7, 11) is -3.74. The normalized spacial score (nSPS) is 11.3. The highest BCUT2D eigenvalue weighted by molar-refractivity contribution is 7.92. The molecule has 0 bridgehead atoms. The number of hydrogen-bond acceptors (Lipinski definition) is 3. The number of aromatic amines is 1. The fraction of sp³-hybridized carbons (Fsp3) is 0. The van der Waals surface area contributed by atoms with Gasteiger partial charge < -0.3 is 0 Å². The molecule has 112 valence electrons. The monoisotopic (exact) mass is 317 g/mol.